The van der Waals surface area contributed by atoms with Gasteiger partial charge in [0.15, 0.2) is 0 Å². The number of fused-ring (bicyclic) bond motifs is 1. The first-order chi connectivity index (χ1) is 9.38. The Morgan fingerprint density at radius 2 is 2.11 bits per heavy atom. The van der Waals surface area contributed by atoms with Crippen LogP contribution in [0.25, 0.3) is 11.0 Å². The molecule has 0 saturated heterocycles. The third-order valence-electron chi connectivity index (χ3n) is 3.08. The van der Waals surface area contributed by atoms with Crippen molar-refractivity contribution in [3.8, 4) is 0 Å². The Labute approximate surface area is 111 Å². The van der Waals surface area contributed by atoms with Crippen LogP contribution in [-0.4, -0.2) is 16.7 Å². The summed E-state index contributed by atoms with van der Waals surface area (Å²) in [5.41, 5.74) is 1.96. The van der Waals surface area contributed by atoms with E-state index in [4.69, 9.17) is 4.42 Å². The van der Waals surface area contributed by atoms with E-state index in [1.807, 2.05) is 24.3 Å². The summed E-state index contributed by atoms with van der Waals surface area (Å²) in [4.78, 5) is 0. The molecular formula is C15H15N3O. The van der Waals surface area contributed by atoms with Crippen molar-refractivity contribution >= 4 is 11.0 Å². The summed E-state index contributed by atoms with van der Waals surface area (Å²) in [7, 11) is 0. The highest BCUT2D eigenvalue weighted by molar-refractivity contribution is 5.77. The van der Waals surface area contributed by atoms with E-state index < -0.39 is 0 Å². The van der Waals surface area contributed by atoms with E-state index in [-0.39, 0.29) is 6.04 Å². The van der Waals surface area contributed by atoms with E-state index in [1.54, 1.807) is 12.4 Å². The summed E-state index contributed by atoms with van der Waals surface area (Å²) < 4.78 is 5.93. The number of rotatable bonds is 4. The highest BCUT2D eigenvalue weighted by atomic mass is 16.3. The van der Waals surface area contributed by atoms with Gasteiger partial charge in [0.05, 0.1) is 12.2 Å². The molecule has 2 heterocycles. The van der Waals surface area contributed by atoms with Gasteiger partial charge in [0.2, 0.25) is 0 Å². The van der Waals surface area contributed by atoms with Crippen molar-refractivity contribution in [3.05, 3.63) is 60.1 Å². The Balaban J connectivity index is 2.04. The third kappa shape index (κ3) is 2.35. The number of furan rings is 1. The second kappa shape index (κ2) is 5.20. The van der Waals surface area contributed by atoms with Gasteiger partial charge in [0, 0.05) is 11.6 Å². The molecule has 1 unspecified atom stereocenters. The van der Waals surface area contributed by atoms with Crippen LogP contribution in [0.15, 0.2) is 53.2 Å². The standard InChI is InChI=1S/C15H15N3O/c1-2-16-15(12-7-8-17-18-10-12)14-9-11-5-3-4-6-13(11)19-14/h3-10,15-16H,2H2,1H3. The lowest BCUT2D eigenvalue weighted by molar-refractivity contribution is 0.476. The fourth-order valence-corrected chi connectivity index (χ4v) is 2.20. The van der Waals surface area contributed by atoms with Crippen molar-refractivity contribution in [2.24, 2.45) is 0 Å². The molecule has 19 heavy (non-hydrogen) atoms. The van der Waals surface area contributed by atoms with Crippen molar-refractivity contribution in [1.29, 1.82) is 0 Å². The molecule has 0 amide bonds. The number of hydrogen-bond donors (Lipinski definition) is 1. The first-order valence-corrected chi connectivity index (χ1v) is 6.37. The second-order valence-corrected chi connectivity index (χ2v) is 4.35. The van der Waals surface area contributed by atoms with Gasteiger partial charge in [-0.25, -0.2) is 0 Å². The van der Waals surface area contributed by atoms with Crippen LogP contribution in [0.1, 0.15) is 24.3 Å². The highest BCUT2D eigenvalue weighted by Gasteiger charge is 2.17. The average Bonchev–Trinajstić information content (AvgIpc) is 2.89. The van der Waals surface area contributed by atoms with Gasteiger partial charge in [-0.15, -0.1) is 0 Å². The maximum atomic E-state index is 5.93. The Bertz CT molecular complexity index is 630. The van der Waals surface area contributed by atoms with Crippen LogP contribution < -0.4 is 5.32 Å². The predicted molar refractivity (Wildman–Crippen MR) is 73.8 cm³/mol. The molecule has 0 bridgehead atoms. The summed E-state index contributed by atoms with van der Waals surface area (Å²) in [5.74, 6) is 0.899. The second-order valence-electron chi connectivity index (χ2n) is 4.35. The van der Waals surface area contributed by atoms with Crippen LogP contribution in [0.5, 0.6) is 0 Å². The van der Waals surface area contributed by atoms with Crippen molar-refractivity contribution in [1.82, 2.24) is 15.5 Å². The lowest BCUT2D eigenvalue weighted by Gasteiger charge is -2.14. The third-order valence-corrected chi connectivity index (χ3v) is 3.08. The molecule has 3 rings (SSSR count). The minimum atomic E-state index is 0.00731. The summed E-state index contributed by atoms with van der Waals surface area (Å²) in [6.45, 7) is 2.92. The van der Waals surface area contributed by atoms with E-state index in [1.165, 1.54) is 0 Å². The number of para-hydroxylation sites is 1. The predicted octanol–water partition coefficient (Wildman–Crippen LogP) is 2.92. The van der Waals surface area contributed by atoms with Gasteiger partial charge in [-0.1, -0.05) is 25.1 Å². The lowest BCUT2D eigenvalue weighted by Crippen LogP contribution is -2.21. The molecule has 4 heteroatoms. The number of aromatic nitrogens is 2. The Morgan fingerprint density at radius 1 is 1.21 bits per heavy atom. The molecule has 0 fully saturated rings. The topological polar surface area (TPSA) is 51.0 Å². The first kappa shape index (κ1) is 11.9. The molecular weight excluding hydrogens is 238 g/mol. The minimum absolute atomic E-state index is 0.00731. The molecule has 0 saturated carbocycles. The van der Waals surface area contributed by atoms with Crippen LogP contribution in [0.3, 0.4) is 0 Å². The summed E-state index contributed by atoms with van der Waals surface area (Å²) >= 11 is 0. The van der Waals surface area contributed by atoms with Gasteiger partial charge in [0.25, 0.3) is 0 Å². The quantitative estimate of drug-likeness (QED) is 0.776. The first-order valence-electron chi connectivity index (χ1n) is 6.37. The zero-order valence-corrected chi connectivity index (χ0v) is 10.7. The van der Waals surface area contributed by atoms with E-state index >= 15 is 0 Å². The molecule has 2 aromatic heterocycles. The van der Waals surface area contributed by atoms with Crippen molar-refractivity contribution in [3.63, 3.8) is 0 Å². The van der Waals surface area contributed by atoms with E-state index in [0.717, 1.165) is 28.8 Å². The number of nitrogens with zero attached hydrogens (tertiary/aromatic N) is 2. The average molecular weight is 253 g/mol. The molecule has 0 aliphatic heterocycles. The molecule has 4 nitrogen and oxygen atoms in total. The molecule has 1 atom stereocenters. The molecule has 1 aromatic carbocycles. The summed E-state index contributed by atoms with van der Waals surface area (Å²) in [6.07, 6.45) is 3.46. The van der Waals surface area contributed by atoms with Gasteiger partial charge in [-0.3, -0.25) is 0 Å². The van der Waals surface area contributed by atoms with Crippen LogP contribution in [0.4, 0.5) is 0 Å². The Hall–Kier alpha value is -2.20. The zero-order chi connectivity index (χ0) is 13.1. The van der Waals surface area contributed by atoms with Crippen LogP contribution in [0.2, 0.25) is 0 Å². The zero-order valence-electron chi connectivity index (χ0n) is 10.7. The van der Waals surface area contributed by atoms with Gasteiger partial charge in [0.1, 0.15) is 11.3 Å². The maximum Gasteiger partial charge on any atom is 0.134 e. The van der Waals surface area contributed by atoms with Gasteiger partial charge >= 0.3 is 0 Å². The molecule has 0 aliphatic rings. The van der Waals surface area contributed by atoms with Gasteiger partial charge in [-0.2, -0.15) is 10.2 Å². The largest absolute Gasteiger partial charge is 0.459 e. The van der Waals surface area contributed by atoms with Crippen LogP contribution >= 0.6 is 0 Å². The minimum Gasteiger partial charge on any atom is -0.459 e. The maximum absolute atomic E-state index is 5.93. The van der Waals surface area contributed by atoms with Crippen LogP contribution in [0, 0.1) is 0 Å². The van der Waals surface area contributed by atoms with Gasteiger partial charge < -0.3 is 9.73 Å². The smallest absolute Gasteiger partial charge is 0.134 e. The molecule has 0 spiro atoms. The van der Waals surface area contributed by atoms with E-state index in [0.29, 0.717) is 0 Å². The molecule has 3 aromatic rings. The van der Waals surface area contributed by atoms with Gasteiger partial charge in [-0.05, 0) is 30.3 Å². The normalized spacial score (nSPS) is 12.7. The van der Waals surface area contributed by atoms with Crippen molar-refractivity contribution < 1.29 is 4.42 Å². The SMILES string of the molecule is CCNC(c1ccnnc1)c1cc2ccccc2o1. The molecule has 1 N–H and O–H groups in total. The van der Waals surface area contributed by atoms with Crippen molar-refractivity contribution in [2.45, 2.75) is 13.0 Å². The molecule has 0 aliphatic carbocycles. The summed E-state index contributed by atoms with van der Waals surface area (Å²) in [5, 5.41) is 12.3. The summed E-state index contributed by atoms with van der Waals surface area (Å²) in [6, 6.07) is 12.1. The Morgan fingerprint density at radius 3 is 2.84 bits per heavy atom. The van der Waals surface area contributed by atoms with Crippen LogP contribution in [-0.2, 0) is 0 Å². The fourth-order valence-electron chi connectivity index (χ4n) is 2.20. The highest BCUT2D eigenvalue weighted by Crippen LogP contribution is 2.27. The molecule has 96 valence electrons. The van der Waals surface area contributed by atoms with E-state index in [9.17, 15) is 0 Å². The Kier molecular flexibility index (Phi) is 3.25. The number of benzene rings is 1. The fraction of sp³-hybridized carbons (Fsp3) is 0.200. The van der Waals surface area contributed by atoms with Crippen molar-refractivity contribution in [2.75, 3.05) is 6.54 Å². The van der Waals surface area contributed by atoms with E-state index in [2.05, 4.69) is 34.6 Å². The lowest BCUT2D eigenvalue weighted by atomic mass is 10.1. The number of nitrogens with one attached hydrogen (secondary N) is 1. The monoisotopic (exact) mass is 253 g/mol. The number of hydrogen-bond acceptors (Lipinski definition) is 4. The molecule has 0 radical (unpaired) electrons.